The number of aromatic nitrogens is 1. The fraction of sp³-hybridized carbons (Fsp3) is 0.571. The van der Waals surface area contributed by atoms with Gasteiger partial charge in [0.2, 0.25) is 0 Å². The summed E-state index contributed by atoms with van der Waals surface area (Å²) in [5, 5.41) is 0. The Morgan fingerprint density at radius 2 is 2.26 bits per heavy atom. The molecule has 5 nitrogen and oxygen atoms in total. The topological polar surface area (TPSA) is 71.2 Å². The number of hydrogen-bond donors (Lipinski definition) is 2. The molecular formula is C14H22N4O. The molecule has 1 heterocycles. The van der Waals surface area contributed by atoms with Gasteiger partial charge in [-0.2, -0.15) is 0 Å². The van der Waals surface area contributed by atoms with E-state index >= 15 is 0 Å². The van der Waals surface area contributed by atoms with Crippen LogP contribution in [0.25, 0.3) is 0 Å². The average molecular weight is 262 g/mol. The van der Waals surface area contributed by atoms with Gasteiger partial charge in [-0.25, -0.2) is 5.84 Å². The lowest BCUT2D eigenvalue weighted by molar-refractivity contribution is 0.0953. The average Bonchev–Trinajstić information content (AvgIpc) is 3.22. The van der Waals surface area contributed by atoms with E-state index in [0.29, 0.717) is 11.6 Å². The SMILES string of the molecule is CC(C)N(Cc1ccc(C(=O)NN)cn1)CC1CC1. The molecule has 3 N–H and O–H groups in total. The second-order valence-corrected chi connectivity index (χ2v) is 5.48. The van der Waals surface area contributed by atoms with Gasteiger partial charge in [-0.15, -0.1) is 0 Å². The summed E-state index contributed by atoms with van der Waals surface area (Å²) in [6.45, 7) is 6.39. The highest BCUT2D eigenvalue weighted by Gasteiger charge is 2.25. The van der Waals surface area contributed by atoms with Gasteiger partial charge >= 0.3 is 0 Å². The first-order valence-electron chi connectivity index (χ1n) is 6.80. The standard InChI is InChI=1S/C14H22N4O/c1-10(2)18(8-11-3-4-11)9-13-6-5-12(7-16-13)14(19)17-15/h5-7,10-11H,3-4,8-9,15H2,1-2H3,(H,17,19). The number of nitrogens with two attached hydrogens (primary N) is 1. The van der Waals surface area contributed by atoms with Crippen molar-refractivity contribution in [2.75, 3.05) is 6.54 Å². The Labute approximate surface area is 114 Å². The van der Waals surface area contributed by atoms with Crippen LogP contribution >= 0.6 is 0 Å². The summed E-state index contributed by atoms with van der Waals surface area (Å²) >= 11 is 0. The van der Waals surface area contributed by atoms with Crippen LogP contribution in [0.1, 0.15) is 42.7 Å². The summed E-state index contributed by atoms with van der Waals surface area (Å²) in [7, 11) is 0. The molecule has 0 aliphatic heterocycles. The second kappa shape index (κ2) is 6.12. The van der Waals surface area contributed by atoms with Gasteiger partial charge in [0, 0.05) is 25.3 Å². The van der Waals surface area contributed by atoms with E-state index in [4.69, 9.17) is 5.84 Å². The van der Waals surface area contributed by atoms with Gasteiger partial charge in [-0.05, 0) is 44.7 Å². The largest absolute Gasteiger partial charge is 0.295 e. The van der Waals surface area contributed by atoms with Crippen LogP contribution < -0.4 is 11.3 Å². The Kier molecular flexibility index (Phi) is 4.50. The second-order valence-electron chi connectivity index (χ2n) is 5.48. The first kappa shape index (κ1) is 14.0. The highest BCUT2D eigenvalue weighted by Crippen LogP contribution is 2.30. The molecule has 1 aromatic heterocycles. The minimum Gasteiger partial charge on any atom is -0.295 e. The quantitative estimate of drug-likeness (QED) is 0.460. The van der Waals surface area contributed by atoms with Crippen molar-refractivity contribution in [2.24, 2.45) is 11.8 Å². The predicted octanol–water partition coefficient (Wildman–Crippen LogP) is 1.31. The highest BCUT2D eigenvalue weighted by atomic mass is 16.2. The van der Waals surface area contributed by atoms with Gasteiger partial charge in [0.25, 0.3) is 5.91 Å². The lowest BCUT2D eigenvalue weighted by atomic mass is 10.2. The summed E-state index contributed by atoms with van der Waals surface area (Å²) in [5.74, 6) is 5.65. The van der Waals surface area contributed by atoms with Crippen molar-refractivity contribution in [3.63, 3.8) is 0 Å². The molecule has 2 rings (SSSR count). The molecule has 0 bridgehead atoms. The number of rotatable bonds is 6. The number of nitrogens with zero attached hydrogens (tertiary/aromatic N) is 2. The lowest BCUT2D eigenvalue weighted by Gasteiger charge is -2.26. The molecule has 5 heteroatoms. The van der Waals surface area contributed by atoms with E-state index in [1.165, 1.54) is 12.8 Å². The third-order valence-corrected chi connectivity index (χ3v) is 3.50. The van der Waals surface area contributed by atoms with Crippen LogP contribution in [0.15, 0.2) is 18.3 Å². The van der Waals surface area contributed by atoms with E-state index in [9.17, 15) is 4.79 Å². The van der Waals surface area contributed by atoms with Crippen LogP contribution in [0, 0.1) is 5.92 Å². The lowest BCUT2D eigenvalue weighted by Crippen LogP contribution is -2.33. The summed E-state index contributed by atoms with van der Waals surface area (Å²) in [6.07, 6.45) is 4.28. The number of hydrazine groups is 1. The molecular weight excluding hydrogens is 240 g/mol. The van der Waals surface area contributed by atoms with Crippen LogP contribution in [-0.2, 0) is 6.54 Å². The molecule has 0 radical (unpaired) electrons. The van der Waals surface area contributed by atoms with Gasteiger partial charge < -0.3 is 0 Å². The monoisotopic (exact) mass is 262 g/mol. The molecule has 0 saturated heterocycles. The van der Waals surface area contributed by atoms with Crippen molar-refractivity contribution in [2.45, 2.75) is 39.3 Å². The van der Waals surface area contributed by atoms with Gasteiger partial charge in [0.05, 0.1) is 11.3 Å². The number of pyridine rings is 1. The van der Waals surface area contributed by atoms with Gasteiger partial charge in [0.1, 0.15) is 0 Å². The summed E-state index contributed by atoms with van der Waals surface area (Å²) in [4.78, 5) is 18.1. The van der Waals surface area contributed by atoms with Crippen molar-refractivity contribution >= 4 is 5.91 Å². The van der Waals surface area contributed by atoms with Gasteiger partial charge in [-0.1, -0.05) is 0 Å². The third-order valence-electron chi connectivity index (χ3n) is 3.50. The molecule has 0 aromatic carbocycles. The number of nitrogen functional groups attached to an aromatic ring is 1. The molecule has 19 heavy (non-hydrogen) atoms. The van der Waals surface area contributed by atoms with E-state index in [1.54, 1.807) is 12.3 Å². The summed E-state index contributed by atoms with van der Waals surface area (Å²) in [6, 6.07) is 4.17. The summed E-state index contributed by atoms with van der Waals surface area (Å²) < 4.78 is 0. The molecule has 1 aliphatic carbocycles. The molecule has 104 valence electrons. The minimum absolute atomic E-state index is 0.308. The normalized spacial score (nSPS) is 15.0. The van der Waals surface area contributed by atoms with Crippen molar-refractivity contribution in [3.05, 3.63) is 29.6 Å². The fourth-order valence-electron chi connectivity index (χ4n) is 2.03. The Hall–Kier alpha value is -1.46. The van der Waals surface area contributed by atoms with Crippen LogP contribution in [0.3, 0.4) is 0 Å². The molecule has 0 spiro atoms. The van der Waals surface area contributed by atoms with Crippen molar-refractivity contribution in [1.29, 1.82) is 0 Å². The third kappa shape index (κ3) is 4.01. The Morgan fingerprint density at radius 3 is 2.74 bits per heavy atom. The van der Waals surface area contributed by atoms with Gasteiger partial charge in [0.15, 0.2) is 0 Å². The fourth-order valence-corrected chi connectivity index (χ4v) is 2.03. The number of carbonyl (C=O) groups is 1. The first-order chi connectivity index (χ1) is 9.10. The predicted molar refractivity (Wildman–Crippen MR) is 74.2 cm³/mol. The molecule has 0 unspecified atom stereocenters. The van der Waals surface area contributed by atoms with Crippen molar-refractivity contribution < 1.29 is 4.79 Å². The number of hydrogen-bond acceptors (Lipinski definition) is 4. The molecule has 1 aliphatic rings. The van der Waals surface area contributed by atoms with E-state index in [-0.39, 0.29) is 5.91 Å². The van der Waals surface area contributed by atoms with Crippen LogP contribution in [0.2, 0.25) is 0 Å². The van der Waals surface area contributed by atoms with Crippen LogP contribution in [-0.4, -0.2) is 28.4 Å². The van der Waals surface area contributed by atoms with Crippen molar-refractivity contribution in [3.8, 4) is 0 Å². The van der Waals surface area contributed by atoms with Crippen LogP contribution in [0.4, 0.5) is 0 Å². The Bertz CT molecular complexity index is 426. The number of amides is 1. The number of carbonyl (C=O) groups excluding carboxylic acids is 1. The Balaban J connectivity index is 1.98. The van der Waals surface area contributed by atoms with E-state index in [1.807, 2.05) is 6.07 Å². The molecule has 1 amide bonds. The Morgan fingerprint density at radius 1 is 1.53 bits per heavy atom. The molecule has 0 atom stereocenters. The maximum Gasteiger partial charge on any atom is 0.266 e. The van der Waals surface area contributed by atoms with Crippen molar-refractivity contribution in [1.82, 2.24) is 15.3 Å². The zero-order chi connectivity index (χ0) is 13.8. The maximum absolute atomic E-state index is 11.3. The maximum atomic E-state index is 11.3. The molecule has 1 fully saturated rings. The zero-order valence-electron chi connectivity index (χ0n) is 11.6. The first-order valence-corrected chi connectivity index (χ1v) is 6.80. The van der Waals surface area contributed by atoms with E-state index in [0.717, 1.165) is 24.7 Å². The number of nitrogens with one attached hydrogen (secondary N) is 1. The van der Waals surface area contributed by atoms with E-state index in [2.05, 4.69) is 29.2 Å². The summed E-state index contributed by atoms with van der Waals surface area (Å²) in [5.41, 5.74) is 3.58. The minimum atomic E-state index is -0.308. The smallest absolute Gasteiger partial charge is 0.266 e. The molecule has 1 aromatic rings. The molecule has 1 saturated carbocycles. The highest BCUT2D eigenvalue weighted by molar-refractivity contribution is 5.93. The van der Waals surface area contributed by atoms with Gasteiger partial charge in [-0.3, -0.25) is 20.1 Å². The van der Waals surface area contributed by atoms with Crippen LogP contribution in [0.5, 0.6) is 0 Å². The zero-order valence-corrected chi connectivity index (χ0v) is 11.6. The van der Waals surface area contributed by atoms with E-state index < -0.39 is 0 Å².